The second-order valence-electron chi connectivity index (χ2n) is 5.32. The maximum Gasteiger partial charge on any atom is 0.258 e. The molecule has 0 aliphatic rings. The number of nitrogens with one attached hydrogen (secondary N) is 1. The lowest BCUT2D eigenvalue weighted by Gasteiger charge is -2.13. The predicted molar refractivity (Wildman–Crippen MR) is 94.7 cm³/mol. The van der Waals surface area contributed by atoms with Gasteiger partial charge in [0.2, 0.25) is 0 Å². The number of ether oxygens (including phenoxy) is 1. The van der Waals surface area contributed by atoms with Crippen LogP contribution in [-0.4, -0.2) is 12.5 Å². The fourth-order valence-electron chi connectivity index (χ4n) is 2.33. The summed E-state index contributed by atoms with van der Waals surface area (Å²) in [4.78, 5) is 12.1. The van der Waals surface area contributed by atoms with E-state index in [1.54, 1.807) is 18.2 Å². The fraction of sp³-hybridized carbons (Fsp3) is 0.167. The number of para-hydroxylation sites is 2. The molecule has 1 aromatic heterocycles. The van der Waals surface area contributed by atoms with Gasteiger partial charge in [-0.3, -0.25) is 4.79 Å². The van der Waals surface area contributed by atoms with Gasteiger partial charge in [-0.15, -0.1) is 0 Å². The Morgan fingerprint density at radius 2 is 1.88 bits per heavy atom. The standard InChI is InChI=1S/C18H15Cl2NO3/c1-11(16-9-12-5-2-3-8-15(12)24-16)21-17(22)10-23-18-13(19)6-4-7-14(18)20/h2-9,11H,10H2,1H3,(H,21,22)/t11-/m1/s1. The van der Waals surface area contributed by atoms with E-state index >= 15 is 0 Å². The van der Waals surface area contributed by atoms with Crippen molar-refractivity contribution in [2.24, 2.45) is 0 Å². The lowest BCUT2D eigenvalue weighted by Crippen LogP contribution is -2.31. The lowest BCUT2D eigenvalue weighted by molar-refractivity contribution is -0.123. The molecule has 24 heavy (non-hydrogen) atoms. The maximum absolute atomic E-state index is 12.1. The van der Waals surface area contributed by atoms with Crippen molar-refractivity contribution in [1.82, 2.24) is 5.32 Å². The molecule has 1 amide bonds. The third-order valence-corrected chi connectivity index (χ3v) is 4.11. The molecule has 1 heterocycles. The second kappa shape index (κ2) is 7.16. The van der Waals surface area contributed by atoms with Crippen LogP contribution in [0.15, 0.2) is 52.9 Å². The molecule has 0 radical (unpaired) electrons. The summed E-state index contributed by atoms with van der Waals surface area (Å²) >= 11 is 12.0. The summed E-state index contributed by atoms with van der Waals surface area (Å²) in [6.07, 6.45) is 0. The van der Waals surface area contributed by atoms with Crippen LogP contribution in [0.4, 0.5) is 0 Å². The Bertz CT molecular complexity index is 822. The van der Waals surface area contributed by atoms with Crippen LogP contribution in [0.1, 0.15) is 18.7 Å². The van der Waals surface area contributed by atoms with Crippen molar-refractivity contribution >= 4 is 40.1 Å². The van der Waals surface area contributed by atoms with E-state index < -0.39 is 0 Å². The van der Waals surface area contributed by atoms with Gasteiger partial charge in [-0.2, -0.15) is 0 Å². The van der Waals surface area contributed by atoms with Crippen LogP contribution >= 0.6 is 23.2 Å². The zero-order valence-electron chi connectivity index (χ0n) is 12.9. The summed E-state index contributed by atoms with van der Waals surface area (Å²) < 4.78 is 11.2. The first kappa shape index (κ1) is 16.7. The molecule has 0 spiro atoms. The topological polar surface area (TPSA) is 51.5 Å². The average molecular weight is 364 g/mol. The number of furan rings is 1. The molecule has 2 aromatic carbocycles. The molecule has 0 fully saturated rings. The Hall–Kier alpha value is -2.17. The van der Waals surface area contributed by atoms with Crippen LogP contribution in [0.3, 0.4) is 0 Å². The molecule has 124 valence electrons. The molecule has 1 atom stereocenters. The fourth-order valence-corrected chi connectivity index (χ4v) is 2.83. The number of halogens is 2. The van der Waals surface area contributed by atoms with Gasteiger partial charge in [-0.05, 0) is 31.2 Å². The van der Waals surface area contributed by atoms with E-state index in [-0.39, 0.29) is 18.6 Å². The molecule has 3 rings (SSSR count). The number of hydrogen-bond donors (Lipinski definition) is 1. The van der Waals surface area contributed by atoms with E-state index in [1.165, 1.54) is 0 Å². The van der Waals surface area contributed by atoms with Crippen LogP contribution in [0.5, 0.6) is 5.75 Å². The van der Waals surface area contributed by atoms with Crippen molar-refractivity contribution in [2.75, 3.05) is 6.61 Å². The summed E-state index contributed by atoms with van der Waals surface area (Å²) in [5, 5.41) is 4.54. The van der Waals surface area contributed by atoms with Crippen molar-refractivity contribution in [3.05, 3.63) is 64.3 Å². The van der Waals surface area contributed by atoms with Crippen LogP contribution in [0.2, 0.25) is 10.0 Å². The molecule has 0 aliphatic carbocycles. The van der Waals surface area contributed by atoms with Gasteiger partial charge in [0.15, 0.2) is 12.4 Å². The Balaban J connectivity index is 1.62. The first-order valence-corrected chi connectivity index (χ1v) is 8.15. The van der Waals surface area contributed by atoms with E-state index in [9.17, 15) is 4.79 Å². The quantitative estimate of drug-likeness (QED) is 0.694. The minimum Gasteiger partial charge on any atom is -0.481 e. The average Bonchev–Trinajstić information content (AvgIpc) is 2.98. The molecular weight excluding hydrogens is 349 g/mol. The molecule has 3 aromatic rings. The highest BCUT2D eigenvalue weighted by Gasteiger charge is 2.15. The minimum atomic E-state index is -0.293. The molecule has 6 heteroatoms. The van der Waals surface area contributed by atoms with Gasteiger partial charge in [0.1, 0.15) is 11.3 Å². The Morgan fingerprint density at radius 3 is 2.58 bits per heavy atom. The minimum absolute atomic E-state index is 0.186. The number of fused-ring (bicyclic) bond motifs is 1. The van der Waals surface area contributed by atoms with Crippen LogP contribution in [-0.2, 0) is 4.79 Å². The monoisotopic (exact) mass is 363 g/mol. The third kappa shape index (κ3) is 3.66. The number of carbonyl (C=O) groups excluding carboxylic acids is 1. The molecular formula is C18H15Cl2NO3. The van der Waals surface area contributed by atoms with Gasteiger partial charge in [-0.1, -0.05) is 47.5 Å². The van der Waals surface area contributed by atoms with Crippen molar-refractivity contribution in [1.29, 1.82) is 0 Å². The number of hydrogen-bond acceptors (Lipinski definition) is 3. The van der Waals surface area contributed by atoms with Gasteiger partial charge in [0.25, 0.3) is 5.91 Å². The first-order chi connectivity index (χ1) is 11.5. The summed E-state index contributed by atoms with van der Waals surface area (Å²) in [7, 11) is 0. The predicted octanol–water partition coefficient (Wildman–Crippen LogP) is 5.00. The van der Waals surface area contributed by atoms with Crippen LogP contribution < -0.4 is 10.1 Å². The highest BCUT2D eigenvalue weighted by Crippen LogP contribution is 2.32. The summed E-state index contributed by atoms with van der Waals surface area (Å²) in [6.45, 7) is 1.66. The molecule has 4 nitrogen and oxygen atoms in total. The van der Waals surface area contributed by atoms with Gasteiger partial charge >= 0.3 is 0 Å². The van der Waals surface area contributed by atoms with Crippen molar-refractivity contribution in [3.8, 4) is 5.75 Å². The Morgan fingerprint density at radius 1 is 1.17 bits per heavy atom. The third-order valence-electron chi connectivity index (χ3n) is 3.52. The highest BCUT2D eigenvalue weighted by atomic mass is 35.5. The largest absolute Gasteiger partial charge is 0.481 e. The van der Waals surface area contributed by atoms with Gasteiger partial charge in [0.05, 0.1) is 16.1 Å². The number of carbonyl (C=O) groups is 1. The van der Waals surface area contributed by atoms with Crippen molar-refractivity contribution in [3.63, 3.8) is 0 Å². The first-order valence-electron chi connectivity index (χ1n) is 7.39. The van der Waals surface area contributed by atoms with Crippen LogP contribution in [0.25, 0.3) is 11.0 Å². The molecule has 0 bridgehead atoms. The Labute approximate surface area is 149 Å². The number of rotatable bonds is 5. The zero-order chi connectivity index (χ0) is 17.1. The number of benzene rings is 2. The molecule has 0 saturated heterocycles. The van der Waals surface area contributed by atoms with E-state index in [2.05, 4.69) is 5.32 Å². The summed E-state index contributed by atoms with van der Waals surface area (Å²) in [6, 6.07) is 14.3. The molecule has 1 N–H and O–H groups in total. The van der Waals surface area contributed by atoms with Gasteiger partial charge in [-0.25, -0.2) is 0 Å². The number of amides is 1. The Kier molecular flexibility index (Phi) is 4.97. The zero-order valence-corrected chi connectivity index (χ0v) is 14.4. The van der Waals surface area contributed by atoms with Crippen molar-refractivity contribution < 1.29 is 13.9 Å². The summed E-state index contributed by atoms with van der Waals surface area (Å²) in [5.41, 5.74) is 0.785. The van der Waals surface area contributed by atoms with Gasteiger partial charge in [0, 0.05) is 5.39 Å². The van der Waals surface area contributed by atoms with E-state index in [1.807, 2.05) is 37.3 Å². The second-order valence-corrected chi connectivity index (χ2v) is 6.13. The van der Waals surface area contributed by atoms with E-state index in [0.717, 1.165) is 11.0 Å². The normalized spacial score (nSPS) is 12.1. The highest BCUT2D eigenvalue weighted by molar-refractivity contribution is 6.37. The van der Waals surface area contributed by atoms with Crippen molar-refractivity contribution in [2.45, 2.75) is 13.0 Å². The SMILES string of the molecule is C[C@@H](NC(=O)COc1c(Cl)cccc1Cl)c1cc2ccccc2o1. The van der Waals surface area contributed by atoms with E-state index in [4.69, 9.17) is 32.4 Å². The van der Waals surface area contributed by atoms with E-state index in [0.29, 0.717) is 21.6 Å². The molecule has 0 unspecified atom stereocenters. The van der Waals surface area contributed by atoms with Gasteiger partial charge < -0.3 is 14.5 Å². The lowest BCUT2D eigenvalue weighted by atomic mass is 10.2. The molecule has 0 aliphatic heterocycles. The maximum atomic E-state index is 12.1. The summed E-state index contributed by atoms with van der Waals surface area (Å²) in [5.74, 6) is 0.687. The van der Waals surface area contributed by atoms with Crippen LogP contribution in [0, 0.1) is 0 Å². The smallest absolute Gasteiger partial charge is 0.258 e. The molecule has 0 saturated carbocycles.